The summed E-state index contributed by atoms with van der Waals surface area (Å²) >= 11 is 0. The molecule has 2 heterocycles. The average Bonchev–Trinajstić information content (AvgIpc) is 2.90. The van der Waals surface area contributed by atoms with Gasteiger partial charge < -0.3 is 9.51 Å². The van der Waals surface area contributed by atoms with Crippen LogP contribution in [0.25, 0.3) is 16.9 Å². The van der Waals surface area contributed by atoms with Crippen molar-refractivity contribution in [2.75, 3.05) is 0 Å². The van der Waals surface area contributed by atoms with Crippen molar-refractivity contribution in [1.29, 1.82) is 0 Å². The van der Waals surface area contributed by atoms with Gasteiger partial charge in [-0.25, -0.2) is 9.78 Å². The Morgan fingerprint density at radius 3 is 2.48 bits per heavy atom. The van der Waals surface area contributed by atoms with E-state index in [1.54, 1.807) is 28.8 Å². The van der Waals surface area contributed by atoms with E-state index < -0.39 is 10.9 Å². The number of carboxylic acid groups (broad SMARTS) is 1. The number of aromatic carboxylic acids is 1. The maximum atomic E-state index is 10.9. The van der Waals surface area contributed by atoms with Crippen molar-refractivity contribution in [3.05, 3.63) is 64.5 Å². The molecule has 0 radical (unpaired) electrons. The lowest BCUT2D eigenvalue weighted by molar-refractivity contribution is -0.384. The third-order valence-corrected chi connectivity index (χ3v) is 3.07. The van der Waals surface area contributed by atoms with E-state index in [0.717, 1.165) is 5.56 Å². The van der Waals surface area contributed by atoms with Gasteiger partial charge >= 0.3 is 5.97 Å². The van der Waals surface area contributed by atoms with Crippen LogP contribution in [0.15, 0.2) is 48.8 Å². The van der Waals surface area contributed by atoms with Gasteiger partial charge in [0.2, 0.25) is 0 Å². The molecule has 0 aliphatic rings. The number of rotatable bonds is 3. The molecule has 104 valence electrons. The highest BCUT2D eigenvalue weighted by Gasteiger charge is 2.09. The Hall–Kier alpha value is -3.22. The Bertz CT molecular complexity index is 852. The number of hydrogen-bond acceptors (Lipinski definition) is 4. The van der Waals surface area contributed by atoms with E-state index in [0.29, 0.717) is 11.3 Å². The zero-order chi connectivity index (χ0) is 15.0. The van der Waals surface area contributed by atoms with Crippen molar-refractivity contribution in [3.63, 3.8) is 0 Å². The number of hydrogen-bond donors (Lipinski definition) is 1. The second kappa shape index (κ2) is 4.71. The van der Waals surface area contributed by atoms with Gasteiger partial charge in [-0.05, 0) is 24.3 Å². The number of non-ortho nitro benzene ring substituents is 1. The van der Waals surface area contributed by atoms with Crippen LogP contribution >= 0.6 is 0 Å². The summed E-state index contributed by atoms with van der Waals surface area (Å²) in [7, 11) is 0. The number of aromatic nitrogens is 2. The van der Waals surface area contributed by atoms with Crippen LogP contribution in [0.3, 0.4) is 0 Å². The highest BCUT2D eigenvalue weighted by molar-refractivity contribution is 5.87. The number of benzene rings is 1. The van der Waals surface area contributed by atoms with Crippen molar-refractivity contribution in [2.45, 2.75) is 0 Å². The molecule has 0 bridgehead atoms. The first kappa shape index (κ1) is 12.8. The van der Waals surface area contributed by atoms with Crippen molar-refractivity contribution in [1.82, 2.24) is 9.38 Å². The summed E-state index contributed by atoms with van der Waals surface area (Å²) in [6.45, 7) is 0. The van der Waals surface area contributed by atoms with E-state index in [-0.39, 0.29) is 11.3 Å². The molecule has 0 saturated heterocycles. The minimum atomic E-state index is -1.01. The maximum absolute atomic E-state index is 10.9. The fraction of sp³-hybridized carbons (Fsp3) is 0. The van der Waals surface area contributed by atoms with Gasteiger partial charge in [-0.15, -0.1) is 0 Å². The largest absolute Gasteiger partial charge is 0.478 e. The fourth-order valence-corrected chi connectivity index (χ4v) is 2.01. The van der Waals surface area contributed by atoms with Crippen LogP contribution in [0, 0.1) is 10.1 Å². The summed E-state index contributed by atoms with van der Waals surface area (Å²) in [5.41, 5.74) is 2.12. The van der Waals surface area contributed by atoms with Crippen molar-refractivity contribution < 1.29 is 14.8 Å². The van der Waals surface area contributed by atoms with Gasteiger partial charge in [-0.2, -0.15) is 0 Å². The number of carboxylic acids is 1. The van der Waals surface area contributed by atoms with Gasteiger partial charge in [0.15, 0.2) is 0 Å². The Kier molecular flexibility index (Phi) is 2.87. The van der Waals surface area contributed by atoms with Crippen LogP contribution in [0.1, 0.15) is 10.4 Å². The summed E-state index contributed by atoms with van der Waals surface area (Å²) in [6, 6.07) is 9.11. The smallest absolute Gasteiger partial charge is 0.337 e. The summed E-state index contributed by atoms with van der Waals surface area (Å²) < 4.78 is 1.61. The van der Waals surface area contributed by atoms with Gasteiger partial charge in [0.05, 0.1) is 16.2 Å². The molecule has 0 aliphatic heterocycles. The van der Waals surface area contributed by atoms with Crippen molar-refractivity contribution in [3.8, 4) is 11.3 Å². The highest BCUT2D eigenvalue weighted by atomic mass is 16.6. The first-order valence-electron chi connectivity index (χ1n) is 6.01. The minimum absolute atomic E-state index is 0.00989. The minimum Gasteiger partial charge on any atom is -0.478 e. The summed E-state index contributed by atoms with van der Waals surface area (Å²) in [6.07, 6.45) is 3.16. The molecule has 3 aromatic rings. The predicted octanol–water partition coefficient (Wildman–Crippen LogP) is 2.61. The number of imidazole rings is 1. The third kappa shape index (κ3) is 2.32. The van der Waals surface area contributed by atoms with Crippen LogP contribution in [0.4, 0.5) is 5.69 Å². The standard InChI is InChI=1S/C14H9N3O4/c18-14(19)10-3-6-13-15-12(8-16(13)7-10)9-1-4-11(5-2-9)17(20)21/h1-8H,(H,18,19). The molecule has 21 heavy (non-hydrogen) atoms. The van der Waals surface area contributed by atoms with E-state index in [1.165, 1.54) is 24.4 Å². The van der Waals surface area contributed by atoms with Crippen LogP contribution < -0.4 is 0 Å². The molecular formula is C14H9N3O4. The monoisotopic (exact) mass is 283 g/mol. The average molecular weight is 283 g/mol. The Morgan fingerprint density at radius 2 is 1.86 bits per heavy atom. The zero-order valence-electron chi connectivity index (χ0n) is 10.6. The Morgan fingerprint density at radius 1 is 1.14 bits per heavy atom. The molecular weight excluding hydrogens is 274 g/mol. The second-order valence-electron chi connectivity index (χ2n) is 4.42. The van der Waals surface area contributed by atoms with E-state index >= 15 is 0 Å². The molecule has 7 heteroatoms. The van der Waals surface area contributed by atoms with E-state index in [2.05, 4.69) is 4.98 Å². The summed E-state index contributed by atoms with van der Waals surface area (Å²) in [5, 5.41) is 19.6. The number of nitrogens with zero attached hydrogens (tertiary/aromatic N) is 3. The summed E-state index contributed by atoms with van der Waals surface area (Å²) in [4.78, 5) is 25.4. The molecule has 3 rings (SSSR count). The van der Waals surface area contributed by atoms with Gasteiger partial charge in [-0.1, -0.05) is 0 Å². The highest BCUT2D eigenvalue weighted by Crippen LogP contribution is 2.22. The number of pyridine rings is 1. The molecule has 0 atom stereocenters. The molecule has 0 fully saturated rings. The lowest BCUT2D eigenvalue weighted by Crippen LogP contribution is -1.97. The van der Waals surface area contributed by atoms with Crippen LogP contribution in [-0.4, -0.2) is 25.4 Å². The lowest BCUT2D eigenvalue weighted by atomic mass is 10.1. The van der Waals surface area contributed by atoms with Crippen molar-refractivity contribution in [2.24, 2.45) is 0 Å². The first-order chi connectivity index (χ1) is 10.0. The third-order valence-electron chi connectivity index (χ3n) is 3.07. The topological polar surface area (TPSA) is 97.7 Å². The number of nitro benzene ring substituents is 1. The molecule has 0 unspecified atom stereocenters. The molecule has 1 N–H and O–H groups in total. The van der Waals surface area contributed by atoms with Crippen molar-refractivity contribution >= 4 is 17.3 Å². The molecule has 0 amide bonds. The van der Waals surface area contributed by atoms with E-state index in [4.69, 9.17) is 5.11 Å². The predicted molar refractivity (Wildman–Crippen MR) is 74.2 cm³/mol. The van der Waals surface area contributed by atoms with Gasteiger partial charge in [0, 0.05) is 30.1 Å². The van der Waals surface area contributed by atoms with Gasteiger partial charge in [-0.3, -0.25) is 10.1 Å². The molecule has 1 aromatic carbocycles. The maximum Gasteiger partial charge on any atom is 0.337 e. The van der Waals surface area contributed by atoms with E-state index in [9.17, 15) is 14.9 Å². The lowest BCUT2D eigenvalue weighted by Gasteiger charge is -1.95. The van der Waals surface area contributed by atoms with Gasteiger partial charge in [0.25, 0.3) is 5.69 Å². The van der Waals surface area contributed by atoms with Crippen LogP contribution in [0.5, 0.6) is 0 Å². The fourth-order valence-electron chi connectivity index (χ4n) is 2.01. The molecule has 2 aromatic heterocycles. The molecule has 0 saturated carbocycles. The molecule has 7 nitrogen and oxygen atoms in total. The zero-order valence-corrected chi connectivity index (χ0v) is 10.6. The SMILES string of the molecule is O=C(O)c1ccc2nc(-c3ccc([N+](=O)[O-])cc3)cn2c1. The Balaban J connectivity index is 2.04. The number of carbonyl (C=O) groups is 1. The number of fused-ring (bicyclic) bond motifs is 1. The van der Waals surface area contributed by atoms with Crippen LogP contribution in [-0.2, 0) is 0 Å². The second-order valence-corrected chi connectivity index (χ2v) is 4.42. The first-order valence-corrected chi connectivity index (χ1v) is 6.01. The van der Waals surface area contributed by atoms with Crippen LogP contribution in [0.2, 0.25) is 0 Å². The quantitative estimate of drug-likeness (QED) is 0.588. The normalized spacial score (nSPS) is 10.7. The Labute approximate surface area is 118 Å². The van der Waals surface area contributed by atoms with Gasteiger partial charge in [0.1, 0.15) is 5.65 Å². The molecule has 0 aliphatic carbocycles. The molecule has 0 spiro atoms. The summed E-state index contributed by atoms with van der Waals surface area (Å²) in [5.74, 6) is -1.01. The van der Waals surface area contributed by atoms with E-state index in [1.807, 2.05) is 0 Å². The number of nitro groups is 1.